The Balaban J connectivity index is 2.29. The lowest BCUT2D eigenvalue weighted by molar-refractivity contribution is 1.13. The summed E-state index contributed by atoms with van der Waals surface area (Å²) in [7, 11) is 3.95. The monoisotopic (exact) mass is 316 g/mol. The average molecular weight is 316 g/mol. The van der Waals surface area contributed by atoms with Crippen LogP contribution in [0.4, 0.5) is 11.4 Å². The van der Waals surface area contributed by atoms with Gasteiger partial charge in [-0.3, -0.25) is 0 Å². The van der Waals surface area contributed by atoms with Crippen molar-refractivity contribution in [3.63, 3.8) is 0 Å². The van der Waals surface area contributed by atoms with Gasteiger partial charge in [-0.25, -0.2) is 5.43 Å². The molecule has 0 aromatic heterocycles. The molecule has 3 rings (SSSR count). The summed E-state index contributed by atoms with van der Waals surface area (Å²) in [6, 6.07) is 19.4. The summed E-state index contributed by atoms with van der Waals surface area (Å²) in [4.78, 5) is 12.9. The van der Waals surface area contributed by atoms with Crippen molar-refractivity contribution in [2.24, 2.45) is 5.29 Å². The van der Waals surface area contributed by atoms with Gasteiger partial charge in [0, 0.05) is 36.1 Å². The number of nitrogens with zero attached hydrogens (tertiary/aromatic N) is 3. The summed E-state index contributed by atoms with van der Waals surface area (Å²) in [5.41, 5.74) is 6.63. The van der Waals surface area contributed by atoms with E-state index in [-0.39, 0.29) is 0 Å². The predicted octanol–water partition coefficient (Wildman–Crippen LogP) is 4.54. The minimum atomic E-state index is 0.565. The van der Waals surface area contributed by atoms with Gasteiger partial charge in [-0.15, -0.1) is 4.91 Å². The van der Waals surface area contributed by atoms with Gasteiger partial charge in [0.25, 0.3) is 0 Å². The molecule has 0 saturated carbocycles. The van der Waals surface area contributed by atoms with Gasteiger partial charge in [-0.1, -0.05) is 36.4 Å². The second-order valence-corrected chi connectivity index (χ2v) is 5.65. The molecule has 5 nitrogen and oxygen atoms in total. The molecule has 0 radical (unpaired) electrons. The van der Waals surface area contributed by atoms with E-state index < -0.39 is 0 Å². The van der Waals surface area contributed by atoms with E-state index in [9.17, 15) is 10.2 Å². The second-order valence-electron chi connectivity index (χ2n) is 5.65. The van der Waals surface area contributed by atoms with Crippen LogP contribution >= 0.6 is 0 Å². The molecule has 0 amide bonds. The van der Waals surface area contributed by atoms with Crippen LogP contribution in [0.25, 0.3) is 21.9 Å². The minimum Gasteiger partial charge on any atom is -0.378 e. The van der Waals surface area contributed by atoms with E-state index in [0.717, 1.165) is 27.6 Å². The Morgan fingerprint density at radius 1 is 1.04 bits per heavy atom. The summed E-state index contributed by atoms with van der Waals surface area (Å²) in [5.74, 6) is 0. The molecule has 0 bridgehead atoms. The zero-order valence-corrected chi connectivity index (χ0v) is 13.4. The van der Waals surface area contributed by atoms with E-state index in [0.29, 0.717) is 11.3 Å². The van der Waals surface area contributed by atoms with Gasteiger partial charge in [0.1, 0.15) is 0 Å². The number of nitroso groups, excluding NO2 is 1. The van der Waals surface area contributed by atoms with Gasteiger partial charge in [0.15, 0.2) is 0 Å². The van der Waals surface area contributed by atoms with Gasteiger partial charge in [-0.2, -0.15) is 5.26 Å². The molecule has 1 N–H and O–H groups in total. The van der Waals surface area contributed by atoms with Crippen molar-refractivity contribution in [3.8, 4) is 17.2 Å². The Morgan fingerprint density at radius 3 is 2.54 bits per heavy atom. The number of hydrogen-bond acceptors (Lipinski definition) is 4. The van der Waals surface area contributed by atoms with Crippen LogP contribution in [-0.2, 0) is 0 Å². The number of benzene rings is 3. The van der Waals surface area contributed by atoms with Crippen molar-refractivity contribution in [1.29, 1.82) is 5.26 Å². The van der Waals surface area contributed by atoms with Gasteiger partial charge < -0.3 is 4.90 Å². The average Bonchev–Trinajstić information content (AvgIpc) is 2.61. The molecule has 0 aliphatic rings. The lowest BCUT2D eigenvalue weighted by Crippen LogP contribution is -2.08. The third-order valence-corrected chi connectivity index (χ3v) is 4.01. The molecular formula is C19H16N4O. The Hall–Kier alpha value is -3.39. The van der Waals surface area contributed by atoms with Crippen LogP contribution in [0.5, 0.6) is 0 Å². The lowest BCUT2D eigenvalue weighted by Gasteiger charge is -2.16. The van der Waals surface area contributed by atoms with Crippen LogP contribution in [0.1, 0.15) is 5.56 Å². The Labute approximate surface area is 140 Å². The summed E-state index contributed by atoms with van der Waals surface area (Å²) >= 11 is 0. The molecule has 0 spiro atoms. The van der Waals surface area contributed by atoms with Gasteiger partial charge >= 0.3 is 0 Å². The molecule has 0 saturated heterocycles. The highest BCUT2D eigenvalue weighted by atomic mass is 16.3. The fourth-order valence-corrected chi connectivity index (χ4v) is 2.81. The van der Waals surface area contributed by atoms with Crippen molar-refractivity contribution in [2.45, 2.75) is 0 Å². The normalized spacial score (nSPS) is 10.2. The fourth-order valence-electron chi connectivity index (χ4n) is 2.81. The fraction of sp³-hybridized carbons (Fsp3) is 0.105. The minimum absolute atomic E-state index is 0.565. The van der Waals surface area contributed by atoms with Crippen molar-refractivity contribution < 1.29 is 0 Å². The quantitative estimate of drug-likeness (QED) is 0.567. The summed E-state index contributed by atoms with van der Waals surface area (Å²) < 4.78 is 0. The van der Waals surface area contributed by atoms with Gasteiger partial charge in [0.2, 0.25) is 0 Å². The van der Waals surface area contributed by atoms with Gasteiger partial charge in [0.05, 0.1) is 22.6 Å². The molecule has 0 unspecified atom stereocenters. The van der Waals surface area contributed by atoms with Crippen molar-refractivity contribution >= 4 is 22.1 Å². The maximum atomic E-state index is 10.9. The SMILES string of the molecule is CN(C)c1cccc(-c2ccc3c(C#N)cccc3c2NN=O)c1. The first-order chi connectivity index (χ1) is 11.7. The third-order valence-electron chi connectivity index (χ3n) is 4.01. The first kappa shape index (κ1) is 15.5. The van der Waals surface area contributed by atoms with Crippen LogP contribution in [0.2, 0.25) is 0 Å². The number of rotatable bonds is 4. The molecule has 0 atom stereocenters. The third kappa shape index (κ3) is 2.66. The molecule has 0 heterocycles. The highest BCUT2D eigenvalue weighted by Gasteiger charge is 2.12. The number of anilines is 2. The zero-order chi connectivity index (χ0) is 17.1. The number of fused-ring (bicyclic) bond motifs is 1. The predicted molar refractivity (Wildman–Crippen MR) is 97.8 cm³/mol. The van der Waals surface area contributed by atoms with Crippen LogP contribution in [-0.4, -0.2) is 14.1 Å². The highest BCUT2D eigenvalue weighted by Crippen LogP contribution is 2.37. The summed E-state index contributed by atoms with van der Waals surface area (Å²) in [6.07, 6.45) is 0. The summed E-state index contributed by atoms with van der Waals surface area (Å²) in [5, 5.41) is 13.7. The number of nitrogens with one attached hydrogen (secondary N) is 1. The zero-order valence-electron chi connectivity index (χ0n) is 13.4. The Bertz CT molecular complexity index is 957. The highest BCUT2D eigenvalue weighted by molar-refractivity contribution is 6.03. The standard InChI is InChI=1S/C19H16N4O/c1-23(2)15-7-3-5-13(11-15)17-10-9-16-14(12-20)6-4-8-18(16)19(17)21-22-24/h3-11H,1-2H3,(H,21,24). The molecule has 0 fully saturated rings. The maximum absolute atomic E-state index is 10.9. The Kier molecular flexibility index (Phi) is 4.13. The van der Waals surface area contributed by atoms with Crippen LogP contribution in [0.3, 0.4) is 0 Å². The van der Waals surface area contributed by atoms with E-state index in [4.69, 9.17) is 0 Å². The van der Waals surface area contributed by atoms with E-state index in [1.165, 1.54) is 0 Å². The topological polar surface area (TPSA) is 68.5 Å². The lowest BCUT2D eigenvalue weighted by atomic mass is 9.96. The smallest absolute Gasteiger partial charge is 0.0998 e. The molecule has 3 aromatic rings. The van der Waals surface area contributed by atoms with Crippen LogP contribution in [0, 0.1) is 16.2 Å². The van der Waals surface area contributed by atoms with E-state index in [1.54, 1.807) is 12.1 Å². The molecule has 3 aromatic carbocycles. The largest absolute Gasteiger partial charge is 0.378 e. The number of nitriles is 1. The van der Waals surface area contributed by atoms with Crippen LogP contribution < -0.4 is 10.3 Å². The molecule has 0 aliphatic carbocycles. The first-order valence-electron chi connectivity index (χ1n) is 7.47. The second kappa shape index (κ2) is 6.39. The molecule has 5 heteroatoms. The van der Waals surface area contributed by atoms with E-state index >= 15 is 0 Å². The molecule has 0 aliphatic heterocycles. The van der Waals surface area contributed by atoms with Crippen molar-refractivity contribution in [2.75, 3.05) is 24.4 Å². The number of hydrogen-bond donors (Lipinski definition) is 1. The summed E-state index contributed by atoms with van der Waals surface area (Å²) in [6.45, 7) is 0. The van der Waals surface area contributed by atoms with Crippen LogP contribution in [0.15, 0.2) is 59.9 Å². The molecular weight excluding hydrogens is 300 g/mol. The van der Waals surface area contributed by atoms with Crippen molar-refractivity contribution in [1.82, 2.24) is 0 Å². The Morgan fingerprint density at radius 2 is 1.83 bits per heavy atom. The van der Waals surface area contributed by atoms with Crippen molar-refractivity contribution in [3.05, 3.63) is 65.1 Å². The maximum Gasteiger partial charge on any atom is 0.0998 e. The van der Waals surface area contributed by atoms with Gasteiger partial charge in [-0.05, 0) is 23.8 Å². The molecule has 118 valence electrons. The van der Waals surface area contributed by atoms with E-state index in [2.05, 4.69) is 16.8 Å². The first-order valence-corrected chi connectivity index (χ1v) is 7.47. The van der Waals surface area contributed by atoms with E-state index in [1.807, 2.05) is 61.5 Å². The molecule has 24 heavy (non-hydrogen) atoms.